The summed E-state index contributed by atoms with van der Waals surface area (Å²) in [7, 11) is 0. The third-order valence-electron chi connectivity index (χ3n) is 2.90. The first-order chi connectivity index (χ1) is 9.81. The Labute approximate surface area is 116 Å². The minimum absolute atomic E-state index is 0.603. The Morgan fingerprint density at radius 2 is 1.40 bits per heavy atom. The van der Waals surface area contributed by atoms with Crippen LogP contribution in [-0.2, 0) is 22.4 Å². The molecule has 0 aromatic heterocycles. The van der Waals surface area contributed by atoms with Gasteiger partial charge in [0.1, 0.15) is 0 Å². The second-order valence-corrected chi connectivity index (χ2v) is 4.24. The molecule has 0 heterocycles. The summed E-state index contributed by atoms with van der Waals surface area (Å²) in [5, 5.41) is 0. The molecular formula is C16H12N2O2. The highest BCUT2D eigenvalue weighted by atomic mass is 16.1. The standard InChI is InChI=1S/C16H12N2O2/c19-11-17-15-8-6-13(7-9-15)4-5-14-2-1-3-16(10-14)18-12-20/h1-3,6-10H,4-5H2. The van der Waals surface area contributed by atoms with Gasteiger partial charge in [-0.3, -0.25) is 0 Å². The average Bonchev–Trinajstić information content (AvgIpc) is 2.48. The molecule has 0 aliphatic carbocycles. The van der Waals surface area contributed by atoms with Gasteiger partial charge in [-0.2, -0.15) is 9.98 Å². The smallest absolute Gasteiger partial charge is 0.211 e. The Morgan fingerprint density at radius 1 is 0.750 bits per heavy atom. The van der Waals surface area contributed by atoms with Gasteiger partial charge in [0.15, 0.2) is 0 Å². The molecule has 98 valence electrons. The molecule has 0 aliphatic rings. The summed E-state index contributed by atoms with van der Waals surface area (Å²) in [6.45, 7) is 0. The third-order valence-corrected chi connectivity index (χ3v) is 2.90. The molecule has 4 heteroatoms. The Kier molecular flexibility index (Phi) is 4.74. The zero-order valence-corrected chi connectivity index (χ0v) is 10.7. The lowest BCUT2D eigenvalue weighted by molar-refractivity contribution is 0.564. The van der Waals surface area contributed by atoms with E-state index in [2.05, 4.69) is 9.98 Å². The maximum atomic E-state index is 10.2. The summed E-state index contributed by atoms with van der Waals surface area (Å²) in [5.41, 5.74) is 3.48. The summed E-state index contributed by atoms with van der Waals surface area (Å²) in [6, 6.07) is 14.9. The zero-order valence-electron chi connectivity index (χ0n) is 10.7. The molecule has 0 N–H and O–H groups in total. The van der Waals surface area contributed by atoms with Crippen molar-refractivity contribution >= 4 is 23.5 Å². The van der Waals surface area contributed by atoms with E-state index in [0.717, 1.165) is 24.0 Å². The quantitative estimate of drug-likeness (QED) is 0.613. The molecule has 0 fully saturated rings. The fraction of sp³-hybridized carbons (Fsp3) is 0.125. The topological polar surface area (TPSA) is 58.9 Å². The summed E-state index contributed by atoms with van der Waals surface area (Å²) >= 11 is 0. The van der Waals surface area contributed by atoms with Crippen molar-refractivity contribution < 1.29 is 9.59 Å². The van der Waals surface area contributed by atoms with Crippen LogP contribution < -0.4 is 0 Å². The van der Waals surface area contributed by atoms with Crippen molar-refractivity contribution in [1.82, 2.24) is 0 Å². The molecule has 0 amide bonds. The maximum Gasteiger partial charge on any atom is 0.240 e. The van der Waals surface area contributed by atoms with Crippen molar-refractivity contribution in [2.24, 2.45) is 9.98 Å². The van der Waals surface area contributed by atoms with E-state index in [-0.39, 0.29) is 0 Å². The summed E-state index contributed by atoms with van der Waals surface area (Å²) < 4.78 is 0. The predicted octanol–water partition coefficient (Wildman–Crippen LogP) is 3.41. The summed E-state index contributed by atoms with van der Waals surface area (Å²) in [6.07, 6.45) is 4.76. The van der Waals surface area contributed by atoms with Crippen molar-refractivity contribution in [2.75, 3.05) is 0 Å². The molecule has 0 spiro atoms. The molecule has 0 bridgehead atoms. The number of carbonyl (C=O) groups excluding carboxylic acids is 2. The van der Waals surface area contributed by atoms with E-state index < -0.39 is 0 Å². The maximum absolute atomic E-state index is 10.2. The van der Waals surface area contributed by atoms with E-state index >= 15 is 0 Å². The first-order valence-electron chi connectivity index (χ1n) is 6.15. The lowest BCUT2D eigenvalue weighted by Gasteiger charge is -2.03. The Bertz CT molecular complexity index is 680. The van der Waals surface area contributed by atoms with Crippen molar-refractivity contribution in [3.63, 3.8) is 0 Å². The van der Waals surface area contributed by atoms with Crippen molar-refractivity contribution in [1.29, 1.82) is 0 Å². The summed E-state index contributed by atoms with van der Waals surface area (Å²) in [4.78, 5) is 27.5. The lowest BCUT2D eigenvalue weighted by Crippen LogP contribution is -1.90. The molecule has 4 nitrogen and oxygen atoms in total. The van der Waals surface area contributed by atoms with Crippen molar-refractivity contribution in [2.45, 2.75) is 12.8 Å². The second kappa shape index (κ2) is 6.95. The number of isocyanates is 2. The van der Waals surface area contributed by atoms with E-state index in [1.54, 1.807) is 18.2 Å². The van der Waals surface area contributed by atoms with Gasteiger partial charge in [0.25, 0.3) is 0 Å². The van der Waals surface area contributed by atoms with E-state index in [0.29, 0.717) is 11.4 Å². The van der Waals surface area contributed by atoms with E-state index in [9.17, 15) is 9.59 Å². The molecule has 2 aromatic carbocycles. The normalized spacial score (nSPS) is 9.40. The number of rotatable bonds is 5. The van der Waals surface area contributed by atoms with E-state index in [1.807, 2.05) is 30.3 Å². The van der Waals surface area contributed by atoms with Crippen LogP contribution in [0, 0.1) is 0 Å². The van der Waals surface area contributed by atoms with Gasteiger partial charge < -0.3 is 0 Å². The van der Waals surface area contributed by atoms with Gasteiger partial charge in [-0.1, -0.05) is 24.3 Å². The number of nitrogens with zero attached hydrogens (tertiary/aromatic N) is 2. The molecule has 0 saturated carbocycles. The molecular weight excluding hydrogens is 252 g/mol. The monoisotopic (exact) mass is 264 g/mol. The van der Waals surface area contributed by atoms with Gasteiger partial charge in [-0.05, 0) is 48.2 Å². The van der Waals surface area contributed by atoms with Crippen LogP contribution in [0.25, 0.3) is 0 Å². The van der Waals surface area contributed by atoms with Crippen LogP contribution in [-0.4, -0.2) is 12.2 Å². The Hall–Kier alpha value is -2.80. The number of hydrogen-bond acceptors (Lipinski definition) is 4. The van der Waals surface area contributed by atoms with Gasteiger partial charge in [-0.25, -0.2) is 9.59 Å². The molecule has 2 aromatic rings. The van der Waals surface area contributed by atoms with Crippen molar-refractivity contribution in [3.05, 3.63) is 59.7 Å². The third kappa shape index (κ3) is 3.85. The largest absolute Gasteiger partial charge is 0.240 e. The van der Waals surface area contributed by atoms with E-state index in [4.69, 9.17) is 0 Å². The first-order valence-corrected chi connectivity index (χ1v) is 6.15. The minimum atomic E-state index is 0.603. The number of hydrogen-bond donors (Lipinski definition) is 0. The zero-order chi connectivity index (χ0) is 14.2. The Morgan fingerprint density at radius 3 is 2.10 bits per heavy atom. The highest BCUT2D eigenvalue weighted by molar-refractivity contribution is 5.50. The molecule has 0 atom stereocenters. The number of aliphatic imine (C=N–C) groups is 2. The molecule has 0 aliphatic heterocycles. The highest BCUT2D eigenvalue weighted by Crippen LogP contribution is 2.17. The van der Waals surface area contributed by atoms with Crippen LogP contribution in [0.2, 0.25) is 0 Å². The molecule has 0 radical (unpaired) electrons. The number of benzene rings is 2. The predicted molar refractivity (Wildman–Crippen MR) is 75.9 cm³/mol. The van der Waals surface area contributed by atoms with E-state index in [1.165, 1.54) is 12.2 Å². The molecule has 2 rings (SSSR count). The van der Waals surface area contributed by atoms with Gasteiger partial charge in [-0.15, -0.1) is 0 Å². The highest BCUT2D eigenvalue weighted by Gasteiger charge is 1.98. The molecule has 20 heavy (non-hydrogen) atoms. The van der Waals surface area contributed by atoms with Gasteiger partial charge in [0.05, 0.1) is 11.4 Å². The van der Waals surface area contributed by atoms with Crippen LogP contribution in [0.1, 0.15) is 11.1 Å². The average molecular weight is 264 g/mol. The fourth-order valence-corrected chi connectivity index (χ4v) is 1.91. The van der Waals surface area contributed by atoms with Gasteiger partial charge in [0, 0.05) is 0 Å². The van der Waals surface area contributed by atoms with Gasteiger partial charge >= 0.3 is 0 Å². The first kappa shape index (κ1) is 13.6. The van der Waals surface area contributed by atoms with Gasteiger partial charge in [0.2, 0.25) is 12.2 Å². The fourth-order valence-electron chi connectivity index (χ4n) is 1.91. The summed E-state index contributed by atoms with van der Waals surface area (Å²) in [5.74, 6) is 0. The number of aryl methyl sites for hydroxylation is 2. The lowest BCUT2D eigenvalue weighted by atomic mass is 10.0. The van der Waals surface area contributed by atoms with Crippen LogP contribution in [0.15, 0.2) is 58.5 Å². The van der Waals surface area contributed by atoms with Crippen molar-refractivity contribution in [3.8, 4) is 0 Å². The minimum Gasteiger partial charge on any atom is -0.211 e. The molecule has 0 unspecified atom stereocenters. The van der Waals surface area contributed by atoms with Crippen LogP contribution in [0.4, 0.5) is 11.4 Å². The second-order valence-electron chi connectivity index (χ2n) is 4.24. The SMILES string of the molecule is O=C=Nc1ccc(CCc2cccc(N=C=O)c2)cc1. The van der Waals surface area contributed by atoms with Crippen LogP contribution >= 0.6 is 0 Å². The molecule has 0 saturated heterocycles. The van der Waals surface area contributed by atoms with Crippen LogP contribution in [0.5, 0.6) is 0 Å². The van der Waals surface area contributed by atoms with Crippen LogP contribution in [0.3, 0.4) is 0 Å². The Balaban J connectivity index is 2.02.